The molecule has 1 heterocycles. The molecule has 1 amide bonds. The fourth-order valence-corrected chi connectivity index (χ4v) is 4.85. The first-order chi connectivity index (χ1) is 13.4. The van der Waals surface area contributed by atoms with Crippen molar-refractivity contribution in [1.29, 1.82) is 0 Å². The number of carbonyl (C=O) groups excluding carboxylic acids is 1. The Kier molecular flexibility index (Phi) is 6.75. The molecule has 2 aromatic carbocycles. The number of halogens is 1. The van der Waals surface area contributed by atoms with Crippen LogP contribution >= 0.6 is 11.6 Å². The maximum atomic E-state index is 13.3. The second-order valence-corrected chi connectivity index (χ2v) is 9.47. The highest BCUT2D eigenvalue weighted by molar-refractivity contribution is 7.89. The Morgan fingerprint density at radius 2 is 1.68 bits per heavy atom. The van der Waals surface area contributed by atoms with Gasteiger partial charge in [0.25, 0.3) is 0 Å². The van der Waals surface area contributed by atoms with E-state index in [1.54, 1.807) is 17.0 Å². The summed E-state index contributed by atoms with van der Waals surface area (Å²) in [5.41, 5.74) is 1.87. The first kappa shape index (κ1) is 20.8. The van der Waals surface area contributed by atoms with Crippen LogP contribution in [0, 0.1) is 6.92 Å². The lowest BCUT2D eigenvalue weighted by Crippen LogP contribution is -2.44. The summed E-state index contributed by atoms with van der Waals surface area (Å²) >= 11 is 5.91. The van der Waals surface area contributed by atoms with Gasteiger partial charge in [-0.1, -0.05) is 35.9 Å². The fourth-order valence-electron chi connectivity index (χ4n) is 3.35. The molecule has 0 aliphatic carbocycles. The number of nitrogens with zero attached hydrogens (tertiary/aromatic N) is 2. The SMILES string of the molecule is Cc1ccccc1CN(CC(=O)N1CCCCC1)S(=O)(=O)c1ccc(Cl)cc1. The topological polar surface area (TPSA) is 57.7 Å². The number of hydrogen-bond donors (Lipinski definition) is 0. The van der Waals surface area contributed by atoms with Gasteiger partial charge in [0.05, 0.1) is 11.4 Å². The van der Waals surface area contributed by atoms with E-state index in [1.165, 1.54) is 16.4 Å². The number of aryl methyl sites for hydroxylation is 1. The number of likely N-dealkylation sites (tertiary alicyclic amines) is 1. The second-order valence-electron chi connectivity index (χ2n) is 7.09. The van der Waals surface area contributed by atoms with Crippen molar-refractivity contribution in [1.82, 2.24) is 9.21 Å². The van der Waals surface area contributed by atoms with Crippen LogP contribution in [0.5, 0.6) is 0 Å². The van der Waals surface area contributed by atoms with Gasteiger partial charge in [-0.05, 0) is 61.6 Å². The van der Waals surface area contributed by atoms with E-state index in [0.29, 0.717) is 18.1 Å². The Hall–Kier alpha value is -1.89. The lowest BCUT2D eigenvalue weighted by atomic mass is 10.1. The van der Waals surface area contributed by atoms with Crippen LogP contribution in [0.4, 0.5) is 0 Å². The Balaban J connectivity index is 1.90. The van der Waals surface area contributed by atoms with Gasteiger partial charge in [-0.2, -0.15) is 4.31 Å². The van der Waals surface area contributed by atoms with Gasteiger partial charge in [0.1, 0.15) is 0 Å². The molecular weight excluding hydrogens is 396 g/mol. The van der Waals surface area contributed by atoms with Gasteiger partial charge in [0.15, 0.2) is 0 Å². The van der Waals surface area contributed by atoms with Gasteiger partial charge in [-0.3, -0.25) is 4.79 Å². The number of hydrogen-bond acceptors (Lipinski definition) is 3. The van der Waals surface area contributed by atoms with Crippen LogP contribution in [-0.4, -0.2) is 43.2 Å². The number of sulfonamides is 1. The van der Waals surface area contributed by atoms with Crippen LogP contribution in [0.25, 0.3) is 0 Å². The highest BCUT2D eigenvalue weighted by atomic mass is 35.5. The predicted molar refractivity (Wildman–Crippen MR) is 111 cm³/mol. The molecule has 0 spiro atoms. The number of piperidine rings is 1. The van der Waals surface area contributed by atoms with Gasteiger partial charge >= 0.3 is 0 Å². The molecule has 150 valence electrons. The normalized spacial score (nSPS) is 15.0. The third-order valence-electron chi connectivity index (χ3n) is 5.08. The quantitative estimate of drug-likeness (QED) is 0.713. The fraction of sp³-hybridized carbons (Fsp3) is 0.381. The molecule has 0 radical (unpaired) electrons. The minimum Gasteiger partial charge on any atom is -0.342 e. The van der Waals surface area contributed by atoms with Crippen LogP contribution < -0.4 is 0 Å². The predicted octanol–water partition coefficient (Wildman–Crippen LogP) is 3.85. The molecule has 0 bridgehead atoms. The Bertz CT molecular complexity index is 923. The smallest absolute Gasteiger partial charge is 0.243 e. The summed E-state index contributed by atoms with van der Waals surface area (Å²) in [4.78, 5) is 14.7. The van der Waals surface area contributed by atoms with E-state index in [-0.39, 0.29) is 23.9 Å². The number of amides is 1. The molecule has 1 saturated heterocycles. The van der Waals surface area contributed by atoms with Gasteiger partial charge < -0.3 is 4.90 Å². The van der Waals surface area contributed by atoms with Crippen molar-refractivity contribution in [3.8, 4) is 0 Å². The van der Waals surface area contributed by atoms with E-state index < -0.39 is 10.0 Å². The van der Waals surface area contributed by atoms with Crippen molar-refractivity contribution >= 4 is 27.5 Å². The summed E-state index contributed by atoms with van der Waals surface area (Å²) in [7, 11) is -3.84. The van der Waals surface area contributed by atoms with E-state index in [0.717, 1.165) is 30.4 Å². The molecule has 1 fully saturated rings. The van der Waals surface area contributed by atoms with Crippen molar-refractivity contribution in [2.75, 3.05) is 19.6 Å². The zero-order valence-corrected chi connectivity index (χ0v) is 17.5. The van der Waals surface area contributed by atoms with Crippen molar-refractivity contribution in [3.63, 3.8) is 0 Å². The number of carbonyl (C=O) groups is 1. The van der Waals surface area contributed by atoms with Gasteiger partial charge in [-0.25, -0.2) is 8.42 Å². The first-order valence-corrected chi connectivity index (χ1v) is 11.3. The molecule has 0 N–H and O–H groups in total. The zero-order chi connectivity index (χ0) is 20.1. The van der Waals surface area contributed by atoms with Gasteiger partial charge in [-0.15, -0.1) is 0 Å². The standard InChI is InChI=1S/C21H25ClN2O3S/c1-17-7-3-4-8-18(17)15-24(16-21(25)23-13-5-2-6-14-23)28(26,27)20-11-9-19(22)10-12-20/h3-4,7-12H,2,5-6,13-16H2,1H3. The molecular formula is C21H25ClN2O3S. The summed E-state index contributed by atoms with van der Waals surface area (Å²) in [6.07, 6.45) is 3.04. The molecule has 3 rings (SSSR count). The third-order valence-corrected chi connectivity index (χ3v) is 7.14. The molecule has 0 atom stereocenters. The lowest BCUT2D eigenvalue weighted by Gasteiger charge is -2.30. The zero-order valence-electron chi connectivity index (χ0n) is 16.0. The van der Waals surface area contributed by atoms with Crippen molar-refractivity contribution in [2.45, 2.75) is 37.6 Å². The molecule has 7 heteroatoms. The van der Waals surface area contributed by atoms with Crippen molar-refractivity contribution in [3.05, 3.63) is 64.7 Å². The Labute approximate surface area is 172 Å². The Morgan fingerprint density at radius 1 is 1.04 bits per heavy atom. The van der Waals surface area contributed by atoms with Gasteiger partial charge in [0.2, 0.25) is 15.9 Å². The van der Waals surface area contributed by atoms with E-state index in [4.69, 9.17) is 11.6 Å². The van der Waals surface area contributed by atoms with E-state index in [2.05, 4.69) is 0 Å². The highest BCUT2D eigenvalue weighted by Gasteiger charge is 2.29. The summed E-state index contributed by atoms with van der Waals surface area (Å²) < 4.78 is 27.9. The molecule has 0 unspecified atom stereocenters. The van der Waals surface area contributed by atoms with Crippen LogP contribution in [0.15, 0.2) is 53.4 Å². The maximum Gasteiger partial charge on any atom is 0.243 e. The molecule has 1 aliphatic rings. The molecule has 0 saturated carbocycles. The minimum absolute atomic E-state index is 0.136. The van der Waals surface area contributed by atoms with E-state index >= 15 is 0 Å². The number of benzene rings is 2. The highest BCUT2D eigenvalue weighted by Crippen LogP contribution is 2.22. The average Bonchev–Trinajstić information content (AvgIpc) is 2.70. The Morgan fingerprint density at radius 3 is 2.32 bits per heavy atom. The first-order valence-electron chi connectivity index (χ1n) is 9.46. The summed E-state index contributed by atoms with van der Waals surface area (Å²) in [5.74, 6) is -0.147. The summed E-state index contributed by atoms with van der Waals surface area (Å²) in [6.45, 7) is 3.31. The molecule has 28 heavy (non-hydrogen) atoms. The summed E-state index contributed by atoms with van der Waals surface area (Å²) in [6, 6.07) is 13.7. The number of rotatable bonds is 6. The second kappa shape index (κ2) is 9.07. The monoisotopic (exact) mass is 420 g/mol. The third kappa shape index (κ3) is 4.93. The van der Waals surface area contributed by atoms with E-state index in [9.17, 15) is 13.2 Å². The maximum absolute atomic E-state index is 13.3. The van der Waals surface area contributed by atoms with Crippen LogP contribution in [0.2, 0.25) is 5.02 Å². The molecule has 0 aromatic heterocycles. The van der Waals surface area contributed by atoms with Gasteiger partial charge in [0, 0.05) is 24.7 Å². The van der Waals surface area contributed by atoms with Crippen LogP contribution in [-0.2, 0) is 21.4 Å². The molecule has 2 aromatic rings. The van der Waals surface area contributed by atoms with Crippen molar-refractivity contribution in [2.24, 2.45) is 0 Å². The lowest BCUT2D eigenvalue weighted by molar-refractivity contribution is -0.132. The largest absolute Gasteiger partial charge is 0.342 e. The van der Waals surface area contributed by atoms with Crippen LogP contribution in [0.1, 0.15) is 30.4 Å². The molecule has 1 aliphatic heterocycles. The van der Waals surface area contributed by atoms with E-state index in [1.807, 2.05) is 31.2 Å². The van der Waals surface area contributed by atoms with Crippen LogP contribution in [0.3, 0.4) is 0 Å². The summed E-state index contributed by atoms with van der Waals surface area (Å²) in [5, 5.41) is 0.466. The average molecular weight is 421 g/mol. The molecule has 5 nitrogen and oxygen atoms in total. The minimum atomic E-state index is -3.84. The van der Waals surface area contributed by atoms with Crippen molar-refractivity contribution < 1.29 is 13.2 Å².